The molecule has 124 valence electrons. The van der Waals surface area contributed by atoms with Crippen molar-refractivity contribution in [3.63, 3.8) is 0 Å². The Morgan fingerprint density at radius 1 is 1.30 bits per heavy atom. The largest absolute Gasteiger partial charge is 0.497 e. The summed E-state index contributed by atoms with van der Waals surface area (Å²) < 4.78 is 5.24. The molecule has 2 heterocycles. The van der Waals surface area contributed by atoms with E-state index in [2.05, 4.69) is 19.0 Å². The maximum absolute atomic E-state index is 12.8. The van der Waals surface area contributed by atoms with Crippen LogP contribution in [-0.2, 0) is 9.63 Å². The summed E-state index contributed by atoms with van der Waals surface area (Å²) in [5.74, 6) is 0.838. The van der Waals surface area contributed by atoms with Crippen molar-refractivity contribution in [2.24, 2.45) is 5.16 Å². The number of piperidine rings is 1. The number of nitrogens with zero attached hydrogens (tertiary/aromatic N) is 2. The Bertz CT molecular complexity index is 604. The molecule has 0 aromatic heterocycles. The van der Waals surface area contributed by atoms with Gasteiger partial charge >= 0.3 is 0 Å². The van der Waals surface area contributed by atoms with E-state index >= 15 is 0 Å². The molecule has 2 aliphatic heterocycles. The van der Waals surface area contributed by atoms with Gasteiger partial charge in [-0.15, -0.1) is 0 Å². The molecule has 1 saturated heterocycles. The highest BCUT2D eigenvalue weighted by atomic mass is 16.6. The summed E-state index contributed by atoms with van der Waals surface area (Å²) in [5, 5.41) is 4.14. The van der Waals surface area contributed by atoms with Gasteiger partial charge in [0.15, 0.2) is 0 Å². The van der Waals surface area contributed by atoms with E-state index in [0.29, 0.717) is 6.42 Å². The maximum atomic E-state index is 12.8. The van der Waals surface area contributed by atoms with Crippen LogP contribution in [-0.4, -0.2) is 41.8 Å². The SMILES string of the molecule is COc1cccc(C2=NO[C@H](C(=O)N3[C@H](C)CCC[C@H]3C)C2)c1. The molecule has 1 fully saturated rings. The zero-order valence-corrected chi connectivity index (χ0v) is 14.0. The Labute approximate surface area is 137 Å². The fraction of sp³-hybridized carbons (Fsp3) is 0.556. The second-order valence-electron chi connectivity index (χ2n) is 6.44. The zero-order chi connectivity index (χ0) is 16.4. The number of likely N-dealkylation sites (tertiary alicyclic amines) is 1. The predicted octanol–water partition coefficient (Wildman–Crippen LogP) is 2.98. The van der Waals surface area contributed by atoms with Gasteiger partial charge in [-0.1, -0.05) is 17.3 Å². The third-order valence-corrected chi connectivity index (χ3v) is 4.80. The van der Waals surface area contributed by atoms with E-state index in [-0.39, 0.29) is 18.0 Å². The van der Waals surface area contributed by atoms with Gasteiger partial charge in [0.25, 0.3) is 5.91 Å². The highest BCUT2D eigenvalue weighted by Gasteiger charge is 2.37. The van der Waals surface area contributed by atoms with E-state index in [1.165, 1.54) is 6.42 Å². The molecule has 5 heteroatoms. The number of hydrogen-bond donors (Lipinski definition) is 0. The van der Waals surface area contributed by atoms with Gasteiger partial charge in [0.1, 0.15) is 5.75 Å². The van der Waals surface area contributed by atoms with Crippen molar-refractivity contribution in [1.82, 2.24) is 4.90 Å². The van der Waals surface area contributed by atoms with Crippen LogP contribution in [0.1, 0.15) is 45.1 Å². The molecule has 1 aromatic carbocycles. The second-order valence-corrected chi connectivity index (χ2v) is 6.44. The van der Waals surface area contributed by atoms with Crippen molar-refractivity contribution in [2.45, 2.75) is 57.7 Å². The molecule has 0 aliphatic carbocycles. The maximum Gasteiger partial charge on any atom is 0.267 e. The van der Waals surface area contributed by atoms with Crippen LogP contribution >= 0.6 is 0 Å². The lowest BCUT2D eigenvalue weighted by Crippen LogP contribution is -2.51. The number of hydrogen-bond acceptors (Lipinski definition) is 4. The highest BCUT2D eigenvalue weighted by Crippen LogP contribution is 2.27. The molecule has 0 N–H and O–H groups in total. The third kappa shape index (κ3) is 3.19. The number of rotatable bonds is 3. The smallest absolute Gasteiger partial charge is 0.267 e. The standard InChI is InChI=1S/C18H24N2O3/c1-12-6-4-7-13(2)20(12)18(21)17-11-16(19-23-17)14-8-5-9-15(10-14)22-3/h5,8-10,12-13,17H,4,6-7,11H2,1-3H3/t12-,13-,17+/m1/s1. The fourth-order valence-corrected chi connectivity index (χ4v) is 3.50. The first-order valence-corrected chi connectivity index (χ1v) is 8.29. The molecule has 2 aliphatic rings. The van der Waals surface area contributed by atoms with Gasteiger partial charge < -0.3 is 14.5 Å². The number of methoxy groups -OCH3 is 1. The zero-order valence-electron chi connectivity index (χ0n) is 14.0. The summed E-state index contributed by atoms with van der Waals surface area (Å²) in [7, 11) is 1.64. The van der Waals surface area contributed by atoms with E-state index < -0.39 is 6.10 Å². The van der Waals surface area contributed by atoms with Gasteiger partial charge in [-0.25, -0.2) is 0 Å². The van der Waals surface area contributed by atoms with Gasteiger partial charge in [-0.05, 0) is 45.2 Å². The Hall–Kier alpha value is -2.04. The van der Waals surface area contributed by atoms with Crippen LogP contribution in [0.25, 0.3) is 0 Å². The van der Waals surface area contributed by atoms with E-state index in [0.717, 1.165) is 29.9 Å². The molecule has 0 saturated carbocycles. The third-order valence-electron chi connectivity index (χ3n) is 4.80. The van der Waals surface area contributed by atoms with E-state index in [4.69, 9.17) is 9.57 Å². The van der Waals surface area contributed by atoms with Gasteiger partial charge in [0.2, 0.25) is 6.10 Å². The van der Waals surface area contributed by atoms with Crippen LogP contribution in [0.4, 0.5) is 0 Å². The van der Waals surface area contributed by atoms with Gasteiger partial charge in [-0.3, -0.25) is 4.79 Å². The summed E-state index contributed by atoms with van der Waals surface area (Å²) in [6.07, 6.45) is 3.32. The Balaban J connectivity index is 1.69. The molecule has 0 bridgehead atoms. The summed E-state index contributed by atoms with van der Waals surface area (Å²) in [4.78, 5) is 20.3. The average Bonchev–Trinajstić information content (AvgIpc) is 3.04. The van der Waals surface area contributed by atoms with Crippen molar-refractivity contribution in [2.75, 3.05) is 7.11 Å². The van der Waals surface area contributed by atoms with Gasteiger partial charge in [-0.2, -0.15) is 0 Å². The molecular formula is C18H24N2O3. The Kier molecular flexibility index (Phi) is 4.55. The number of amides is 1. The first-order chi connectivity index (χ1) is 11.1. The minimum absolute atomic E-state index is 0.0614. The average molecular weight is 316 g/mol. The van der Waals surface area contributed by atoms with Crippen LogP contribution in [0.15, 0.2) is 29.4 Å². The van der Waals surface area contributed by atoms with Crippen LogP contribution < -0.4 is 4.74 Å². The summed E-state index contributed by atoms with van der Waals surface area (Å²) in [6, 6.07) is 8.23. The quantitative estimate of drug-likeness (QED) is 0.861. The van der Waals surface area contributed by atoms with E-state index in [9.17, 15) is 4.79 Å². The monoisotopic (exact) mass is 316 g/mol. The lowest BCUT2D eigenvalue weighted by molar-refractivity contribution is -0.148. The Morgan fingerprint density at radius 3 is 2.74 bits per heavy atom. The minimum Gasteiger partial charge on any atom is -0.497 e. The predicted molar refractivity (Wildman–Crippen MR) is 88.6 cm³/mol. The number of carbonyl (C=O) groups excluding carboxylic acids is 1. The Morgan fingerprint density at radius 2 is 2.04 bits per heavy atom. The van der Waals surface area contributed by atoms with Crippen LogP contribution in [0.2, 0.25) is 0 Å². The molecule has 0 spiro atoms. The topological polar surface area (TPSA) is 51.1 Å². The molecule has 0 unspecified atom stereocenters. The van der Waals surface area contributed by atoms with Crippen molar-refractivity contribution in [3.05, 3.63) is 29.8 Å². The van der Waals surface area contributed by atoms with E-state index in [1.807, 2.05) is 29.2 Å². The van der Waals surface area contributed by atoms with Crippen LogP contribution in [0, 0.1) is 0 Å². The number of ether oxygens (including phenoxy) is 1. The van der Waals surface area contributed by atoms with Gasteiger partial charge in [0, 0.05) is 24.1 Å². The van der Waals surface area contributed by atoms with Crippen molar-refractivity contribution in [1.29, 1.82) is 0 Å². The summed E-state index contributed by atoms with van der Waals surface area (Å²) in [5.41, 5.74) is 1.75. The number of benzene rings is 1. The second kappa shape index (κ2) is 6.60. The normalized spacial score (nSPS) is 27.3. The summed E-state index contributed by atoms with van der Waals surface area (Å²) in [6.45, 7) is 4.23. The molecule has 0 radical (unpaired) electrons. The van der Waals surface area contributed by atoms with Crippen molar-refractivity contribution in [3.8, 4) is 5.75 Å². The summed E-state index contributed by atoms with van der Waals surface area (Å²) >= 11 is 0. The fourth-order valence-electron chi connectivity index (χ4n) is 3.50. The van der Waals surface area contributed by atoms with Crippen molar-refractivity contribution < 1.29 is 14.4 Å². The first kappa shape index (κ1) is 15.8. The van der Waals surface area contributed by atoms with Crippen LogP contribution in [0.5, 0.6) is 5.75 Å². The number of carbonyl (C=O) groups is 1. The highest BCUT2D eigenvalue weighted by molar-refractivity contribution is 6.04. The molecule has 23 heavy (non-hydrogen) atoms. The van der Waals surface area contributed by atoms with Gasteiger partial charge in [0.05, 0.1) is 12.8 Å². The van der Waals surface area contributed by atoms with E-state index in [1.54, 1.807) is 7.11 Å². The lowest BCUT2D eigenvalue weighted by atomic mass is 9.96. The molecule has 3 atom stereocenters. The molecule has 3 rings (SSSR count). The molecule has 5 nitrogen and oxygen atoms in total. The number of oxime groups is 1. The molecule has 1 aromatic rings. The first-order valence-electron chi connectivity index (χ1n) is 8.29. The van der Waals surface area contributed by atoms with Crippen molar-refractivity contribution >= 4 is 11.6 Å². The molecular weight excluding hydrogens is 292 g/mol. The molecule has 1 amide bonds. The minimum atomic E-state index is -0.501. The lowest BCUT2D eigenvalue weighted by Gasteiger charge is -2.39. The van der Waals surface area contributed by atoms with Crippen LogP contribution in [0.3, 0.4) is 0 Å².